The fourth-order valence-electron chi connectivity index (χ4n) is 3.34. The molecule has 29 heavy (non-hydrogen) atoms. The van der Waals surface area contributed by atoms with E-state index in [9.17, 15) is 9.18 Å². The largest absolute Gasteiger partial charge is 0.354 e. The number of amides is 1. The van der Waals surface area contributed by atoms with E-state index in [0.717, 1.165) is 25.9 Å². The fraction of sp³-hybridized carbons (Fsp3) is 0.600. The van der Waals surface area contributed by atoms with Crippen molar-refractivity contribution in [3.63, 3.8) is 0 Å². The van der Waals surface area contributed by atoms with Crippen LogP contribution in [0.5, 0.6) is 0 Å². The van der Waals surface area contributed by atoms with Crippen molar-refractivity contribution in [3.8, 4) is 0 Å². The summed E-state index contributed by atoms with van der Waals surface area (Å²) in [6, 6.07) is 4.56. The maximum Gasteiger partial charge on any atom is 0.239 e. The van der Waals surface area contributed by atoms with E-state index in [2.05, 4.69) is 25.8 Å². The molecule has 0 spiro atoms. The summed E-state index contributed by atoms with van der Waals surface area (Å²) >= 11 is 6.32. The lowest BCUT2D eigenvalue weighted by molar-refractivity contribution is -0.121. The average Bonchev–Trinajstić information content (AvgIpc) is 3.12. The summed E-state index contributed by atoms with van der Waals surface area (Å²) in [5.41, 5.74) is 0.206. The van der Waals surface area contributed by atoms with Crippen LogP contribution in [0.15, 0.2) is 23.2 Å². The zero-order valence-corrected chi connectivity index (χ0v) is 20.6. The molecule has 0 bridgehead atoms. The molecule has 0 radical (unpaired) electrons. The molecular formula is C20H32ClFIN5O. The highest BCUT2D eigenvalue weighted by atomic mass is 127. The van der Waals surface area contributed by atoms with Gasteiger partial charge in [-0.25, -0.2) is 4.39 Å². The minimum Gasteiger partial charge on any atom is -0.354 e. The number of benzene rings is 1. The number of hydrogen-bond acceptors (Lipinski definition) is 3. The lowest BCUT2D eigenvalue weighted by Crippen LogP contribution is -2.49. The van der Waals surface area contributed by atoms with E-state index >= 15 is 0 Å². The van der Waals surface area contributed by atoms with Gasteiger partial charge in [-0.15, -0.1) is 24.0 Å². The number of nitrogens with one attached hydrogen (secondary N) is 3. The third-order valence-electron chi connectivity index (χ3n) is 4.53. The van der Waals surface area contributed by atoms with Crippen LogP contribution in [0, 0.1) is 5.82 Å². The first-order chi connectivity index (χ1) is 13.2. The van der Waals surface area contributed by atoms with Crippen LogP contribution in [0.4, 0.5) is 4.39 Å². The molecule has 1 aliphatic heterocycles. The Balaban J connectivity index is 0.00000420. The van der Waals surface area contributed by atoms with Crippen molar-refractivity contribution in [1.29, 1.82) is 0 Å². The quantitative estimate of drug-likeness (QED) is 0.295. The predicted octanol–water partition coefficient (Wildman–Crippen LogP) is 3.31. The number of carbonyl (C=O) groups excluding carboxylic acids is 1. The first-order valence-electron chi connectivity index (χ1n) is 9.65. The Kier molecular flexibility index (Phi) is 10.6. The Labute approximate surface area is 195 Å². The normalized spacial score (nSPS) is 16.1. The monoisotopic (exact) mass is 539 g/mol. The van der Waals surface area contributed by atoms with Crippen molar-refractivity contribution in [3.05, 3.63) is 34.6 Å². The van der Waals surface area contributed by atoms with Crippen LogP contribution in [0.2, 0.25) is 5.02 Å². The van der Waals surface area contributed by atoms with Gasteiger partial charge in [0.1, 0.15) is 5.82 Å². The maximum absolute atomic E-state index is 14.5. The number of hydrogen-bond donors (Lipinski definition) is 3. The number of rotatable bonds is 6. The maximum atomic E-state index is 14.5. The Morgan fingerprint density at radius 1 is 1.28 bits per heavy atom. The third-order valence-corrected chi connectivity index (χ3v) is 4.86. The molecule has 0 saturated carbocycles. The van der Waals surface area contributed by atoms with Gasteiger partial charge in [0.15, 0.2) is 5.96 Å². The first-order valence-corrected chi connectivity index (χ1v) is 10.0. The topological polar surface area (TPSA) is 68.8 Å². The van der Waals surface area contributed by atoms with Gasteiger partial charge in [-0.05, 0) is 58.8 Å². The molecule has 1 amide bonds. The smallest absolute Gasteiger partial charge is 0.239 e. The van der Waals surface area contributed by atoms with Crippen molar-refractivity contribution in [2.75, 3.05) is 33.2 Å². The third kappa shape index (κ3) is 8.25. The Morgan fingerprint density at radius 2 is 1.93 bits per heavy atom. The van der Waals surface area contributed by atoms with Crippen molar-refractivity contribution < 1.29 is 9.18 Å². The van der Waals surface area contributed by atoms with Crippen LogP contribution in [0.3, 0.4) is 0 Å². The number of halogens is 3. The second kappa shape index (κ2) is 11.9. The summed E-state index contributed by atoms with van der Waals surface area (Å²) in [6.45, 7) is 8.12. The highest BCUT2D eigenvalue weighted by Crippen LogP contribution is 2.31. The minimum atomic E-state index is -0.307. The molecule has 1 unspecified atom stereocenters. The minimum absolute atomic E-state index is 0. The van der Waals surface area contributed by atoms with E-state index in [1.54, 1.807) is 19.2 Å². The molecule has 3 N–H and O–H groups in total. The highest BCUT2D eigenvalue weighted by Gasteiger charge is 2.28. The first kappa shape index (κ1) is 25.9. The molecule has 164 valence electrons. The lowest BCUT2D eigenvalue weighted by Gasteiger charge is -2.29. The Morgan fingerprint density at radius 3 is 2.48 bits per heavy atom. The van der Waals surface area contributed by atoms with E-state index < -0.39 is 0 Å². The highest BCUT2D eigenvalue weighted by molar-refractivity contribution is 14.0. The molecule has 1 fully saturated rings. The SMILES string of the molecule is CN=C(NCC(=O)NC(C)(C)C)NCC(c1c(F)cccc1Cl)N1CCCC1.I. The summed E-state index contributed by atoms with van der Waals surface area (Å²) in [4.78, 5) is 18.4. The van der Waals surface area contributed by atoms with Crippen LogP contribution in [-0.2, 0) is 4.79 Å². The summed E-state index contributed by atoms with van der Waals surface area (Å²) < 4.78 is 14.5. The summed E-state index contributed by atoms with van der Waals surface area (Å²) in [6.07, 6.45) is 2.17. The Hall–Kier alpha value is -1.13. The fourth-order valence-corrected chi connectivity index (χ4v) is 3.63. The molecule has 1 saturated heterocycles. The van der Waals surface area contributed by atoms with Crippen molar-refractivity contribution in [2.24, 2.45) is 4.99 Å². The van der Waals surface area contributed by atoms with Crippen molar-refractivity contribution >= 4 is 47.4 Å². The van der Waals surface area contributed by atoms with E-state index in [0.29, 0.717) is 23.1 Å². The number of carbonyl (C=O) groups is 1. The average molecular weight is 540 g/mol. The van der Waals surface area contributed by atoms with Crippen LogP contribution in [0.1, 0.15) is 45.2 Å². The van der Waals surface area contributed by atoms with Gasteiger partial charge in [-0.1, -0.05) is 17.7 Å². The van der Waals surface area contributed by atoms with E-state index in [1.165, 1.54) is 6.07 Å². The van der Waals surface area contributed by atoms with E-state index in [1.807, 2.05) is 20.8 Å². The van der Waals surface area contributed by atoms with Crippen LogP contribution >= 0.6 is 35.6 Å². The van der Waals surface area contributed by atoms with Gasteiger partial charge in [0.05, 0.1) is 12.6 Å². The Bertz CT molecular complexity index is 684. The molecule has 1 aromatic carbocycles. The molecule has 0 aromatic heterocycles. The summed E-state index contributed by atoms with van der Waals surface area (Å²) in [5, 5.41) is 9.52. The van der Waals surface area contributed by atoms with E-state index in [-0.39, 0.29) is 53.8 Å². The number of likely N-dealkylation sites (tertiary alicyclic amines) is 1. The summed E-state index contributed by atoms with van der Waals surface area (Å²) in [7, 11) is 1.64. The predicted molar refractivity (Wildman–Crippen MR) is 128 cm³/mol. The molecule has 1 aliphatic rings. The molecule has 6 nitrogen and oxygen atoms in total. The van der Waals surface area contributed by atoms with Crippen LogP contribution < -0.4 is 16.0 Å². The second-order valence-corrected chi connectivity index (χ2v) is 8.41. The zero-order valence-electron chi connectivity index (χ0n) is 17.5. The van der Waals surface area contributed by atoms with Gasteiger partial charge < -0.3 is 16.0 Å². The zero-order chi connectivity index (χ0) is 20.7. The molecule has 1 atom stereocenters. The van der Waals surface area contributed by atoms with Gasteiger partial charge in [0.2, 0.25) is 5.91 Å². The standard InChI is InChI=1S/C20H31ClFN5O.HI/c1-20(2,3)26-17(28)13-25-19(23-4)24-12-16(27-10-5-6-11-27)18-14(21)8-7-9-15(18)22;/h7-9,16H,5-6,10-13H2,1-4H3,(H,26,28)(H2,23,24,25);1H. The molecular weight excluding hydrogens is 508 g/mol. The molecule has 9 heteroatoms. The molecule has 0 aliphatic carbocycles. The second-order valence-electron chi connectivity index (χ2n) is 8.00. The van der Waals surface area contributed by atoms with Gasteiger partial charge in [-0.2, -0.15) is 0 Å². The number of aliphatic imine (C=N–C) groups is 1. The van der Waals surface area contributed by atoms with Crippen molar-refractivity contribution in [1.82, 2.24) is 20.9 Å². The lowest BCUT2D eigenvalue weighted by atomic mass is 10.0. The molecule has 2 rings (SSSR count). The van der Waals surface area contributed by atoms with E-state index in [4.69, 9.17) is 11.6 Å². The van der Waals surface area contributed by atoms with Gasteiger partial charge in [0, 0.05) is 29.7 Å². The van der Waals surface area contributed by atoms with Crippen molar-refractivity contribution in [2.45, 2.75) is 45.2 Å². The van der Waals surface area contributed by atoms with Gasteiger partial charge in [-0.3, -0.25) is 14.7 Å². The molecule has 1 heterocycles. The number of guanidine groups is 1. The molecule has 1 aromatic rings. The van der Waals surface area contributed by atoms with Gasteiger partial charge in [0.25, 0.3) is 0 Å². The van der Waals surface area contributed by atoms with Crippen LogP contribution in [0.25, 0.3) is 0 Å². The van der Waals surface area contributed by atoms with Crippen LogP contribution in [-0.4, -0.2) is 55.5 Å². The van der Waals surface area contributed by atoms with Gasteiger partial charge >= 0.3 is 0 Å². The number of nitrogens with zero attached hydrogens (tertiary/aromatic N) is 2. The summed E-state index contributed by atoms with van der Waals surface area (Å²) in [5.74, 6) is 0.0584.